The van der Waals surface area contributed by atoms with Crippen LogP contribution in [0.15, 0.2) is 65.1 Å². The Hall–Kier alpha value is -2.60. The number of carbonyl (C=O) groups excluding carboxylic acids is 1. The molecule has 0 aliphatic heterocycles. The lowest BCUT2D eigenvalue weighted by Crippen LogP contribution is -2.32. The van der Waals surface area contributed by atoms with Crippen molar-refractivity contribution in [3.05, 3.63) is 82.0 Å². The van der Waals surface area contributed by atoms with Crippen molar-refractivity contribution in [3.63, 3.8) is 0 Å². The van der Waals surface area contributed by atoms with E-state index in [1.165, 1.54) is 11.6 Å². The van der Waals surface area contributed by atoms with Crippen LogP contribution in [0.2, 0.25) is 10.0 Å². The summed E-state index contributed by atoms with van der Waals surface area (Å²) in [4.78, 5) is 12.2. The molecule has 0 aliphatic rings. The predicted molar refractivity (Wildman–Crippen MR) is 133 cm³/mol. The molecule has 1 amide bonds. The molecule has 4 nitrogen and oxygen atoms in total. The number of hydrogen-bond donors (Lipinski definition) is 2. The molecule has 0 unspecified atom stereocenters. The average Bonchev–Trinajstić information content (AvgIpc) is 3.17. The molecule has 31 heavy (non-hydrogen) atoms. The van der Waals surface area contributed by atoms with E-state index in [0.29, 0.717) is 27.1 Å². The van der Waals surface area contributed by atoms with Crippen LogP contribution in [0.1, 0.15) is 32.1 Å². The molecule has 0 saturated carbocycles. The van der Waals surface area contributed by atoms with Gasteiger partial charge in [-0.05, 0) is 65.7 Å². The summed E-state index contributed by atoms with van der Waals surface area (Å²) in [5, 5.41) is 6.69. The molecule has 0 spiro atoms. The lowest BCUT2D eigenvalue weighted by molar-refractivity contribution is -0.115. The van der Waals surface area contributed by atoms with Crippen molar-refractivity contribution in [2.75, 3.05) is 5.32 Å². The number of hydrogen-bond acceptors (Lipinski definition) is 3. The molecule has 7 heteroatoms. The lowest BCUT2D eigenvalue weighted by Gasteiger charge is -2.19. The molecule has 3 rings (SSSR count). The first-order valence-corrected chi connectivity index (χ1v) is 10.7. The minimum Gasteiger partial charge on any atom is -0.457 e. The maximum atomic E-state index is 12.2. The second-order valence-corrected chi connectivity index (χ2v) is 9.10. The molecule has 0 aliphatic carbocycles. The topological polar surface area (TPSA) is 54.3 Å². The Kier molecular flexibility index (Phi) is 7.21. The molecule has 0 fully saturated rings. The highest BCUT2D eigenvalue weighted by atomic mass is 35.5. The van der Waals surface area contributed by atoms with Crippen molar-refractivity contribution in [2.45, 2.75) is 26.2 Å². The highest BCUT2D eigenvalue weighted by Gasteiger charge is 2.13. The molecule has 0 radical (unpaired) electrons. The Balaban J connectivity index is 1.57. The van der Waals surface area contributed by atoms with Gasteiger partial charge in [-0.3, -0.25) is 10.1 Å². The number of carbonyl (C=O) groups is 1. The number of thiocarbonyl (C=S) groups is 1. The zero-order valence-corrected chi connectivity index (χ0v) is 19.7. The fraction of sp³-hybridized carbons (Fsp3) is 0.167. The van der Waals surface area contributed by atoms with Crippen molar-refractivity contribution in [3.8, 4) is 11.3 Å². The predicted octanol–water partition coefficient (Wildman–Crippen LogP) is 7.08. The molecule has 160 valence electrons. The summed E-state index contributed by atoms with van der Waals surface area (Å²) in [6, 6.07) is 16.7. The van der Waals surface area contributed by atoms with Crippen LogP contribution in [-0.2, 0) is 10.2 Å². The summed E-state index contributed by atoms with van der Waals surface area (Å²) >= 11 is 17.5. The van der Waals surface area contributed by atoms with Crippen LogP contribution in [0, 0.1) is 0 Å². The van der Waals surface area contributed by atoms with Gasteiger partial charge in [-0.25, -0.2) is 0 Å². The SMILES string of the molecule is CC(C)(C)c1ccc(NC(=S)NC(=O)C=Cc2ccc(-c3cccc(Cl)c3Cl)o2)cc1. The van der Waals surface area contributed by atoms with Crippen molar-refractivity contribution in [1.29, 1.82) is 0 Å². The Morgan fingerprint density at radius 1 is 1.03 bits per heavy atom. The van der Waals surface area contributed by atoms with Crippen LogP contribution in [0.5, 0.6) is 0 Å². The van der Waals surface area contributed by atoms with Crippen LogP contribution >= 0.6 is 35.4 Å². The number of nitrogens with one attached hydrogen (secondary N) is 2. The summed E-state index contributed by atoms with van der Waals surface area (Å²) in [7, 11) is 0. The van der Waals surface area contributed by atoms with Gasteiger partial charge in [0.25, 0.3) is 0 Å². The zero-order chi connectivity index (χ0) is 22.6. The fourth-order valence-electron chi connectivity index (χ4n) is 2.81. The molecule has 0 atom stereocenters. The largest absolute Gasteiger partial charge is 0.457 e. The quantitative estimate of drug-likeness (QED) is 0.314. The van der Waals surface area contributed by atoms with E-state index < -0.39 is 0 Å². The van der Waals surface area contributed by atoms with E-state index in [1.54, 1.807) is 30.3 Å². The van der Waals surface area contributed by atoms with Crippen LogP contribution in [0.3, 0.4) is 0 Å². The first-order chi connectivity index (χ1) is 14.6. The monoisotopic (exact) mass is 472 g/mol. The van der Waals surface area contributed by atoms with Crippen LogP contribution < -0.4 is 10.6 Å². The minimum atomic E-state index is -0.373. The number of benzene rings is 2. The van der Waals surface area contributed by atoms with Gasteiger partial charge in [0, 0.05) is 17.3 Å². The van der Waals surface area contributed by atoms with Crippen LogP contribution in [-0.4, -0.2) is 11.0 Å². The van der Waals surface area contributed by atoms with Crippen molar-refractivity contribution in [2.24, 2.45) is 0 Å². The van der Waals surface area contributed by atoms with Crippen molar-refractivity contribution < 1.29 is 9.21 Å². The Morgan fingerprint density at radius 3 is 2.42 bits per heavy atom. The van der Waals surface area contributed by atoms with Gasteiger partial charge in [0.05, 0.1) is 10.0 Å². The van der Waals surface area contributed by atoms with Gasteiger partial charge < -0.3 is 9.73 Å². The number of furan rings is 1. The van der Waals surface area contributed by atoms with E-state index >= 15 is 0 Å². The second-order valence-electron chi connectivity index (χ2n) is 7.91. The van der Waals surface area contributed by atoms with E-state index in [1.807, 2.05) is 30.3 Å². The second kappa shape index (κ2) is 9.69. The summed E-state index contributed by atoms with van der Waals surface area (Å²) in [6.45, 7) is 6.45. The van der Waals surface area contributed by atoms with Gasteiger partial charge in [-0.1, -0.05) is 62.2 Å². The highest BCUT2D eigenvalue weighted by molar-refractivity contribution is 7.80. The zero-order valence-electron chi connectivity index (χ0n) is 17.3. The lowest BCUT2D eigenvalue weighted by atomic mass is 9.87. The third-order valence-electron chi connectivity index (χ3n) is 4.49. The van der Waals surface area contributed by atoms with E-state index in [9.17, 15) is 4.79 Å². The van der Waals surface area contributed by atoms with E-state index in [-0.39, 0.29) is 16.4 Å². The minimum absolute atomic E-state index is 0.0713. The third-order valence-corrected chi connectivity index (χ3v) is 5.51. The normalized spacial score (nSPS) is 11.5. The van der Waals surface area contributed by atoms with Crippen molar-refractivity contribution in [1.82, 2.24) is 5.32 Å². The maximum Gasteiger partial charge on any atom is 0.250 e. The molecule has 2 N–H and O–H groups in total. The Bertz CT molecular complexity index is 1130. The van der Waals surface area contributed by atoms with Crippen molar-refractivity contribution >= 4 is 58.2 Å². The smallest absolute Gasteiger partial charge is 0.250 e. The first-order valence-electron chi connectivity index (χ1n) is 9.58. The molecule has 2 aromatic carbocycles. The van der Waals surface area contributed by atoms with Crippen LogP contribution in [0.4, 0.5) is 5.69 Å². The van der Waals surface area contributed by atoms with Gasteiger partial charge in [-0.2, -0.15) is 0 Å². The van der Waals surface area contributed by atoms with Gasteiger partial charge in [-0.15, -0.1) is 0 Å². The summed E-state index contributed by atoms with van der Waals surface area (Å²) < 4.78 is 5.74. The molecular weight excluding hydrogens is 451 g/mol. The van der Waals surface area contributed by atoms with E-state index in [4.69, 9.17) is 39.8 Å². The first kappa shape index (κ1) is 23.1. The maximum absolute atomic E-state index is 12.2. The summed E-state index contributed by atoms with van der Waals surface area (Å²) in [6.07, 6.45) is 2.90. The molecule has 3 aromatic rings. The average molecular weight is 473 g/mol. The van der Waals surface area contributed by atoms with Gasteiger partial charge >= 0.3 is 0 Å². The van der Waals surface area contributed by atoms with Crippen LogP contribution in [0.25, 0.3) is 17.4 Å². The fourth-order valence-corrected chi connectivity index (χ4v) is 3.42. The number of rotatable bonds is 4. The third kappa shape index (κ3) is 6.20. The van der Waals surface area contributed by atoms with E-state index in [0.717, 1.165) is 5.69 Å². The number of amides is 1. The van der Waals surface area contributed by atoms with Gasteiger partial charge in [0.15, 0.2) is 5.11 Å². The molecule has 1 heterocycles. The van der Waals surface area contributed by atoms with Gasteiger partial charge in [0.2, 0.25) is 5.91 Å². The Labute approximate surface area is 197 Å². The summed E-state index contributed by atoms with van der Waals surface area (Å²) in [5.74, 6) is 0.684. The molecule has 0 saturated heterocycles. The Morgan fingerprint density at radius 2 is 1.74 bits per heavy atom. The standard InChI is InChI=1S/C24H22Cl2N2O2S/c1-24(2,3)15-7-9-16(10-8-15)27-23(31)28-21(29)14-12-17-11-13-20(30-17)18-5-4-6-19(25)22(18)26/h4-14H,1-3H3,(H2,27,28,29,31). The molecule has 1 aromatic heterocycles. The molecule has 0 bridgehead atoms. The molecular formula is C24H22Cl2N2O2S. The highest BCUT2D eigenvalue weighted by Crippen LogP contribution is 2.34. The van der Waals surface area contributed by atoms with Gasteiger partial charge in [0.1, 0.15) is 11.5 Å². The number of anilines is 1. The summed E-state index contributed by atoms with van der Waals surface area (Å²) in [5.41, 5.74) is 2.77. The van der Waals surface area contributed by atoms with E-state index in [2.05, 4.69) is 31.4 Å². The number of halogens is 2.